The molecule has 0 bridgehead atoms. The lowest BCUT2D eigenvalue weighted by Gasteiger charge is -2.12. The van der Waals surface area contributed by atoms with Crippen LogP contribution < -0.4 is 15.4 Å². The number of para-hydroxylation sites is 1. The van der Waals surface area contributed by atoms with Gasteiger partial charge in [-0.1, -0.05) is 32.0 Å². The molecule has 7 heteroatoms. The van der Waals surface area contributed by atoms with Gasteiger partial charge in [-0.15, -0.1) is 0 Å². The van der Waals surface area contributed by atoms with Crippen molar-refractivity contribution < 1.29 is 23.9 Å². The molecule has 0 radical (unpaired) electrons. The summed E-state index contributed by atoms with van der Waals surface area (Å²) in [6.07, 6.45) is 0. The molecule has 0 unspecified atom stereocenters. The highest BCUT2D eigenvalue weighted by molar-refractivity contribution is 6.04. The lowest BCUT2D eigenvalue weighted by Crippen LogP contribution is -2.29. The first-order valence-corrected chi connectivity index (χ1v) is 8.89. The lowest BCUT2D eigenvalue weighted by atomic mass is 10.1. The molecule has 0 spiro atoms. The molecule has 0 aliphatic heterocycles. The van der Waals surface area contributed by atoms with Crippen molar-refractivity contribution in [3.05, 3.63) is 59.7 Å². The van der Waals surface area contributed by atoms with Crippen LogP contribution in [0.25, 0.3) is 0 Å². The fraction of sp³-hybridized carbons (Fsp3) is 0.286. The van der Waals surface area contributed by atoms with Crippen LogP contribution in [0, 0.1) is 5.92 Å². The summed E-state index contributed by atoms with van der Waals surface area (Å²) in [6, 6.07) is 13.1. The van der Waals surface area contributed by atoms with E-state index in [1.54, 1.807) is 42.5 Å². The number of hydrogen-bond donors (Lipinski definition) is 2. The Morgan fingerprint density at radius 1 is 1.04 bits per heavy atom. The third-order valence-electron chi connectivity index (χ3n) is 3.76. The molecule has 0 aliphatic rings. The van der Waals surface area contributed by atoms with Crippen molar-refractivity contribution in [3.63, 3.8) is 0 Å². The molecule has 2 aromatic carbocycles. The van der Waals surface area contributed by atoms with E-state index in [0.717, 1.165) is 0 Å². The summed E-state index contributed by atoms with van der Waals surface area (Å²) in [5.74, 6) is -0.641. The second-order valence-electron chi connectivity index (χ2n) is 6.51. The monoisotopic (exact) mass is 384 g/mol. The van der Waals surface area contributed by atoms with E-state index < -0.39 is 18.5 Å². The number of esters is 1. The molecule has 28 heavy (non-hydrogen) atoms. The van der Waals surface area contributed by atoms with Crippen LogP contribution in [0.4, 0.5) is 5.69 Å². The number of rotatable bonds is 8. The van der Waals surface area contributed by atoms with Gasteiger partial charge >= 0.3 is 5.97 Å². The van der Waals surface area contributed by atoms with Gasteiger partial charge in [0.1, 0.15) is 5.75 Å². The Morgan fingerprint density at radius 2 is 1.79 bits per heavy atom. The minimum Gasteiger partial charge on any atom is -0.497 e. The summed E-state index contributed by atoms with van der Waals surface area (Å²) in [4.78, 5) is 36.5. The summed E-state index contributed by atoms with van der Waals surface area (Å²) >= 11 is 0. The average molecular weight is 384 g/mol. The predicted molar refractivity (Wildman–Crippen MR) is 106 cm³/mol. The van der Waals surface area contributed by atoms with Crippen LogP contribution in [0.3, 0.4) is 0 Å². The molecule has 2 rings (SSSR count). The maximum Gasteiger partial charge on any atom is 0.338 e. The molecule has 148 valence electrons. The van der Waals surface area contributed by atoms with Crippen LogP contribution >= 0.6 is 0 Å². The highest BCUT2D eigenvalue weighted by Gasteiger charge is 2.15. The standard InChI is InChI=1S/C21H24N2O5/c1-14(2)12-22-20(25)17-9-4-5-10-18(17)23-19(24)13-28-21(26)15-7-6-8-16(11-15)27-3/h4-11,14H,12-13H2,1-3H3,(H,22,25)(H,23,24). The van der Waals surface area contributed by atoms with Crippen molar-refractivity contribution in [1.29, 1.82) is 0 Å². The van der Waals surface area contributed by atoms with Crippen molar-refractivity contribution in [2.24, 2.45) is 5.92 Å². The number of hydrogen-bond acceptors (Lipinski definition) is 5. The molecule has 0 saturated heterocycles. The van der Waals surface area contributed by atoms with E-state index in [4.69, 9.17) is 9.47 Å². The van der Waals surface area contributed by atoms with Crippen LogP contribution in [0.2, 0.25) is 0 Å². The number of methoxy groups -OCH3 is 1. The number of ether oxygens (including phenoxy) is 2. The van der Waals surface area contributed by atoms with Crippen LogP contribution in [0.5, 0.6) is 5.75 Å². The number of carbonyl (C=O) groups excluding carboxylic acids is 3. The molecule has 2 amide bonds. The van der Waals surface area contributed by atoms with Gasteiger partial charge < -0.3 is 20.1 Å². The van der Waals surface area contributed by atoms with E-state index >= 15 is 0 Å². The van der Waals surface area contributed by atoms with Crippen LogP contribution in [0.1, 0.15) is 34.6 Å². The van der Waals surface area contributed by atoms with Gasteiger partial charge in [0, 0.05) is 6.54 Å². The fourth-order valence-electron chi connectivity index (χ4n) is 2.33. The van der Waals surface area contributed by atoms with Crippen molar-refractivity contribution in [2.45, 2.75) is 13.8 Å². The average Bonchev–Trinajstić information content (AvgIpc) is 2.70. The first-order valence-electron chi connectivity index (χ1n) is 8.89. The van der Waals surface area contributed by atoms with Crippen LogP contribution in [-0.2, 0) is 9.53 Å². The molecule has 2 N–H and O–H groups in total. The molecular weight excluding hydrogens is 360 g/mol. The minimum atomic E-state index is -0.642. The van der Waals surface area contributed by atoms with E-state index in [2.05, 4.69) is 10.6 Å². The van der Waals surface area contributed by atoms with Gasteiger partial charge in [-0.3, -0.25) is 9.59 Å². The quantitative estimate of drug-likeness (QED) is 0.683. The first kappa shape index (κ1) is 21.0. The van der Waals surface area contributed by atoms with Crippen molar-refractivity contribution in [2.75, 3.05) is 25.6 Å². The molecule has 7 nitrogen and oxygen atoms in total. The Bertz CT molecular complexity index is 848. The number of anilines is 1. The number of amides is 2. The maximum absolute atomic E-state index is 12.3. The summed E-state index contributed by atoms with van der Waals surface area (Å²) in [6.45, 7) is 4.03. The highest BCUT2D eigenvalue weighted by atomic mass is 16.5. The molecule has 0 aliphatic carbocycles. The zero-order valence-corrected chi connectivity index (χ0v) is 16.2. The second kappa shape index (κ2) is 10.1. The zero-order valence-electron chi connectivity index (χ0n) is 16.2. The predicted octanol–water partition coefficient (Wildman–Crippen LogP) is 2.88. The Balaban J connectivity index is 1.96. The molecule has 0 aromatic heterocycles. The van der Waals surface area contributed by atoms with Crippen LogP contribution in [0.15, 0.2) is 48.5 Å². The number of carbonyl (C=O) groups is 3. The summed E-state index contributed by atoms with van der Waals surface area (Å²) in [7, 11) is 1.49. The molecular formula is C21H24N2O5. The third-order valence-corrected chi connectivity index (χ3v) is 3.76. The molecule has 0 atom stereocenters. The molecule has 2 aromatic rings. The van der Waals surface area contributed by atoms with Gasteiger partial charge in [-0.25, -0.2) is 4.79 Å². The first-order chi connectivity index (χ1) is 13.4. The Hall–Kier alpha value is -3.35. The molecule has 0 saturated carbocycles. The van der Waals surface area contributed by atoms with E-state index in [0.29, 0.717) is 29.5 Å². The highest BCUT2D eigenvalue weighted by Crippen LogP contribution is 2.16. The van der Waals surface area contributed by atoms with Gasteiger partial charge in [0.15, 0.2) is 6.61 Å². The van der Waals surface area contributed by atoms with Gasteiger partial charge in [0.05, 0.1) is 23.9 Å². The Morgan fingerprint density at radius 3 is 2.50 bits per heavy atom. The maximum atomic E-state index is 12.3. The topological polar surface area (TPSA) is 93.7 Å². The van der Waals surface area contributed by atoms with Crippen molar-refractivity contribution in [3.8, 4) is 5.75 Å². The normalized spacial score (nSPS) is 10.3. The largest absolute Gasteiger partial charge is 0.497 e. The fourth-order valence-corrected chi connectivity index (χ4v) is 2.33. The van der Waals surface area contributed by atoms with E-state index in [1.165, 1.54) is 13.2 Å². The van der Waals surface area contributed by atoms with E-state index in [1.807, 2.05) is 13.8 Å². The van der Waals surface area contributed by atoms with Gasteiger partial charge in [-0.2, -0.15) is 0 Å². The smallest absolute Gasteiger partial charge is 0.338 e. The minimum absolute atomic E-state index is 0.278. The van der Waals surface area contributed by atoms with Crippen LogP contribution in [-0.4, -0.2) is 38.0 Å². The Labute approximate surface area is 164 Å². The van der Waals surface area contributed by atoms with E-state index in [-0.39, 0.29) is 11.5 Å². The van der Waals surface area contributed by atoms with Gasteiger partial charge in [0.2, 0.25) is 0 Å². The Kier molecular flexibility index (Phi) is 7.56. The van der Waals surface area contributed by atoms with Gasteiger partial charge in [0.25, 0.3) is 11.8 Å². The summed E-state index contributed by atoms with van der Waals surface area (Å²) in [5, 5.41) is 5.41. The molecule has 0 fully saturated rings. The molecule has 0 heterocycles. The number of nitrogens with one attached hydrogen (secondary N) is 2. The van der Waals surface area contributed by atoms with Gasteiger partial charge in [-0.05, 0) is 36.2 Å². The zero-order chi connectivity index (χ0) is 20.5. The SMILES string of the molecule is COc1cccc(C(=O)OCC(=O)Nc2ccccc2C(=O)NCC(C)C)c1. The van der Waals surface area contributed by atoms with Crippen molar-refractivity contribution in [1.82, 2.24) is 5.32 Å². The summed E-state index contributed by atoms with van der Waals surface area (Å²) in [5.41, 5.74) is 0.974. The van der Waals surface area contributed by atoms with Crippen molar-refractivity contribution >= 4 is 23.5 Å². The number of benzene rings is 2. The second-order valence-corrected chi connectivity index (χ2v) is 6.51. The van der Waals surface area contributed by atoms with E-state index in [9.17, 15) is 14.4 Å². The third kappa shape index (κ3) is 6.12. The lowest BCUT2D eigenvalue weighted by molar-refractivity contribution is -0.119. The summed E-state index contributed by atoms with van der Waals surface area (Å²) < 4.78 is 10.1.